The molecule has 2 aromatic heterocycles. The standard InChI is InChI=1S/C23H27N3O6S/c1-21(2)9-12(5-6-31-21)15-8-13-7-14(19(28)29)26(18(13)33-15)23(10-16(23)22(3,4)30)20-24-17(11-27)32-25-20/h7-8,12,16,30H,5-6,9-10H2,1-4H3,(H,24,25)(H,28,29)/t12-,16+,23-/m0/s1. The lowest BCUT2D eigenvalue weighted by Crippen LogP contribution is -2.42. The summed E-state index contributed by atoms with van der Waals surface area (Å²) in [6, 6.07) is 3.75. The molecule has 176 valence electrons. The molecule has 1 saturated carbocycles. The van der Waals surface area contributed by atoms with Gasteiger partial charge in [0.25, 0.3) is 0 Å². The van der Waals surface area contributed by atoms with Crippen LogP contribution in [-0.2, 0) is 19.9 Å². The van der Waals surface area contributed by atoms with Crippen LogP contribution in [0.3, 0.4) is 0 Å². The number of hydrogen-bond acceptors (Lipinski definition) is 8. The molecule has 33 heavy (non-hydrogen) atoms. The molecule has 3 N–H and O–H groups in total. The van der Waals surface area contributed by atoms with Gasteiger partial charge in [0, 0.05) is 22.8 Å². The van der Waals surface area contributed by atoms with Crippen molar-refractivity contribution in [2.24, 2.45) is 10.9 Å². The van der Waals surface area contributed by atoms with E-state index in [4.69, 9.17) is 9.57 Å². The van der Waals surface area contributed by atoms with Gasteiger partial charge in [-0.2, -0.15) is 4.99 Å². The molecule has 2 aliphatic heterocycles. The van der Waals surface area contributed by atoms with Crippen molar-refractivity contribution in [1.82, 2.24) is 10.0 Å². The molecule has 1 saturated heterocycles. The second-order valence-corrected chi connectivity index (χ2v) is 11.3. The van der Waals surface area contributed by atoms with Crippen molar-refractivity contribution >= 4 is 39.3 Å². The van der Waals surface area contributed by atoms with E-state index in [9.17, 15) is 19.8 Å². The summed E-state index contributed by atoms with van der Waals surface area (Å²) in [5.74, 6) is 0.583. The number of thiophene rings is 1. The van der Waals surface area contributed by atoms with Crippen LogP contribution in [0.1, 0.15) is 68.2 Å². The Morgan fingerprint density at radius 1 is 1.36 bits per heavy atom. The number of carbonyl (C=O) groups excluding carboxylic acids is 1. The van der Waals surface area contributed by atoms with Crippen LogP contribution in [0.25, 0.3) is 10.2 Å². The molecule has 10 heteroatoms. The SMILES string of the molecule is CC1(C)C[C@@H](c2cc3cc(C(=O)O)n([C@@]4(C5=NC(=C=O)ON5)C[C@@H]4C(C)(C)O)c3s2)CCO1. The number of nitrogens with one attached hydrogen (secondary N) is 1. The minimum atomic E-state index is -1.12. The highest BCUT2D eigenvalue weighted by molar-refractivity contribution is 7.18. The van der Waals surface area contributed by atoms with Gasteiger partial charge in [-0.1, -0.05) is 0 Å². The van der Waals surface area contributed by atoms with Gasteiger partial charge >= 0.3 is 11.9 Å². The molecular weight excluding hydrogens is 446 g/mol. The van der Waals surface area contributed by atoms with E-state index in [2.05, 4.69) is 30.4 Å². The zero-order valence-electron chi connectivity index (χ0n) is 19.0. The Hall–Kier alpha value is -2.65. The topological polar surface area (TPSA) is 122 Å². The average molecular weight is 474 g/mol. The Labute approximate surface area is 194 Å². The van der Waals surface area contributed by atoms with Gasteiger partial charge in [0.2, 0.25) is 0 Å². The number of amidine groups is 1. The maximum absolute atomic E-state index is 12.3. The number of carboxylic acid groups (broad SMARTS) is 1. The van der Waals surface area contributed by atoms with Crippen molar-refractivity contribution in [3.8, 4) is 0 Å². The Bertz CT molecular complexity index is 1230. The fourth-order valence-electron chi connectivity index (χ4n) is 5.42. The molecule has 0 bridgehead atoms. The summed E-state index contributed by atoms with van der Waals surface area (Å²) in [6.45, 7) is 8.24. The molecule has 3 aliphatic rings. The van der Waals surface area contributed by atoms with Crippen LogP contribution in [0, 0.1) is 5.92 Å². The molecule has 9 nitrogen and oxygen atoms in total. The van der Waals surface area contributed by atoms with Gasteiger partial charge in [0.1, 0.15) is 16.1 Å². The number of aliphatic hydroxyl groups is 1. The molecule has 4 heterocycles. The van der Waals surface area contributed by atoms with Gasteiger partial charge in [-0.15, -0.1) is 11.3 Å². The highest BCUT2D eigenvalue weighted by Gasteiger charge is 2.67. The summed E-state index contributed by atoms with van der Waals surface area (Å²) in [7, 11) is 0. The third-order valence-electron chi connectivity index (χ3n) is 6.95. The normalized spacial score (nSPS) is 28.8. The van der Waals surface area contributed by atoms with Crippen LogP contribution < -0.4 is 5.48 Å². The van der Waals surface area contributed by atoms with E-state index >= 15 is 0 Å². The second-order valence-electron chi connectivity index (χ2n) is 10.3. The number of hydroxylamine groups is 1. The summed E-state index contributed by atoms with van der Waals surface area (Å²) >= 11 is 1.57. The van der Waals surface area contributed by atoms with Crippen molar-refractivity contribution in [1.29, 1.82) is 0 Å². The van der Waals surface area contributed by atoms with Gasteiger partial charge in [-0.05, 0) is 65.0 Å². The molecule has 0 unspecified atom stereocenters. The lowest BCUT2D eigenvalue weighted by atomic mass is 9.87. The minimum Gasteiger partial charge on any atom is -0.477 e. The fourth-order valence-corrected chi connectivity index (χ4v) is 6.78. The second kappa shape index (κ2) is 7.17. The molecule has 3 atom stereocenters. The first-order chi connectivity index (χ1) is 15.5. The molecular formula is C23H27N3O6S. The molecule has 0 aromatic carbocycles. The number of carbonyl (C=O) groups is 1. The lowest BCUT2D eigenvalue weighted by Gasteiger charge is -2.35. The number of carboxylic acids is 1. The van der Waals surface area contributed by atoms with E-state index in [1.165, 1.54) is 4.88 Å². The summed E-state index contributed by atoms with van der Waals surface area (Å²) < 4.78 is 7.63. The Morgan fingerprint density at radius 3 is 2.70 bits per heavy atom. The van der Waals surface area contributed by atoms with Gasteiger partial charge in [0.15, 0.2) is 11.8 Å². The van der Waals surface area contributed by atoms with E-state index < -0.39 is 17.1 Å². The van der Waals surface area contributed by atoms with E-state index in [0.29, 0.717) is 24.8 Å². The number of fused-ring (bicyclic) bond motifs is 1. The maximum Gasteiger partial charge on any atom is 0.352 e. The van der Waals surface area contributed by atoms with Crippen molar-refractivity contribution in [3.63, 3.8) is 0 Å². The minimum absolute atomic E-state index is 0.106. The highest BCUT2D eigenvalue weighted by atomic mass is 32.1. The van der Waals surface area contributed by atoms with E-state index in [1.54, 1.807) is 41.8 Å². The van der Waals surface area contributed by atoms with Crippen LogP contribution in [0.2, 0.25) is 0 Å². The monoisotopic (exact) mass is 473 g/mol. The molecule has 2 aromatic rings. The van der Waals surface area contributed by atoms with Gasteiger partial charge in [0.05, 0.1) is 11.2 Å². The van der Waals surface area contributed by atoms with Gasteiger partial charge in [-0.25, -0.2) is 15.1 Å². The van der Waals surface area contributed by atoms with Crippen molar-refractivity contribution in [2.75, 3.05) is 6.61 Å². The largest absolute Gasteiger partial charge is 0.477 e. The van der Waals surface area contributed by atoms with Crippen molar-refractivity contribution in [2.45, 2.75) is 69.6 Å². The van der Waals surface area contributed by atoms with Gasteiger partial charge in [-0.3, -0.25) is 0 Å². The fraction of sp³-hybridized carbons (Fsp3) is 0.565. The third kappa shape index (κ3) is 3.49. The first-order valence-electron chi connectivity index (χ1n) is 11.0. The first kappa shape index (κ1) is 22.2. The van der Waals surface area contributed by atoms with E-state index in [1.807, 2.05) is 0 Å². The van der Waals surface area contributed by atoms with Crippen LogP contribution in [0.5, 0.6) is 0 Å². The average Bonchev–Trinajstić information content (AvgIpc) is 3.05. The number of hydrogen-bond donors (Lipinski definition) is 3. The summed E-state index contributed by atoms with van der Waals surface area (Å²) in [5.41, 5.74) is 0.476. The van der Waals surface area contributed by atoms with Crippen LogP contribution in [0.4, 0.5) is 0 Å². The quantitative estimate of drug-likeness (QED) is 0.570. The van der Waals surface area contributed by atoms with E-state index in [-0.39, 0.29) is 23.1 Å². The zero-order valence-corrected chi connectivity index (χ0v) is 19.8. The zero-order chi connectivity index (χ0) is 23.8. The first-order valence-corrected chi connectivity index (χ1v) is 11.8. The van der Waals surface area contributed by atoms with Crippen LogP contribution in [0.15, 0.2) is 23.0 Å². The van der Waals surface area contributed by atoms with E-state index in [0.717, 1.165) is 23.1 Å². The number of nitrogens with zero attached hydrogens (tertiary/aromatic N) is 2. The molecule has 1 aliphatic carbocycles. The molecule has 0 spiro atoms. The number of aromatic nitrogens is 1. The predicted octanol–water partition coefficient (Wildman–Crippen LogP) is 3.17. The van der Waals surface area contributed by atoms with Crippen LogP contribution >= 0.6 is 11.3 Å². The Balaban J connectivity index is 1.68. The number of ether oxygens (including phenoxy) is 1. The Morgan fingerprint density at radius 2 is 2.12 bits per heavy atom. The van der Waals surface area contributed by atoms with Crippen molar-refractivity contribution < 1.29 is 29.4 Å². The summed E-state index contributed by atoms with van der Waals surface area (Å²) in [5, 5.41) is 21.7. The number of rotatable bonds is 5. The highest BCUT2D eigenvalue weighted by Crippen LogP contribution is 2.59. The smallest absolute Gasteiger partial charge is 0.352 e. The lowest BCUT2D eigenvalue weighted by molar-refractivity contribution is -0.0588. The Kier molecular flexibility index (Phi) is 4.82. The molecule has 5 rings (SSSR count). The maximum atomic E-state index is 12.3. The number of aliphatic imine (C=N–C) groups is 1. The van der Waals surface area contributed by atoms with Gasteiger partial charge < -0.3 is 24.4 Å². The molecule has 0 amide bonds. The summed E-state index contributed by atoms with van der Waals surface area (Å²) in [6.07, 6.45) is 2.24. The number of aromatic carboxylic acids is 1. The molecule has 2 fully saturated rings. The predicted molar refractivity (Wildman–Crippen MR) is 122 cm³/mol. The van der Waals surface area contributed by atoms with Crippen LogP contribution in [-0.4, -0.2) is 50.3 Å². The molecule has 0 radical (unpaired) electrons. The summed E-state index contributed by atoms with van der Waals surface area (Å²) in [4.78, 5) is 34.7. The third-order valence-corrected chi connectivity index (χ3v) is 8.25. The van der Waals surface area contributed by atoms with Crippen molar-refractivity contribution in [3.05, 3.63) is 28.6 Å².